The second-order valence-electron chi connectivity index (χ2n) is 7.00. The lowest BCUT2D eigenvalue weighted by Gasteiger charge is -2.10. The number of aromatic nitrogens is 3. The lowest BCUT2D eigenvalue weighted by molar-refractivity contribution is 0.0956. The number of rotatable bonds is 4. The number of anilines is 1. The van der Waals surface area contributed by atoms with Gasteiger partial charge in [0.15, 0.2) is 5.65 Å². The highest BCUT2D eigenvalue weighted by atomic mass is 16.1. The van der Waals surface area contributed by atoms with Crippen LogP contribution in [0.5, 0.6) is 0 Å². The third kappa shape index (κ3) is 2.87. The second-order valence-corrected chi connectivity index (χ2v) is 7.00. The zero-order valence-corrected chi connectivity index (χ0v) is 16.3. The van der Waals surface area contributed by atoms with Gasteiger partial charge in [0.2, 0.25) is 0 Å². The number of fused-ring (bicyclic) bond motifs is 2. The molecule has 6 heteroatoms. The number of carbonyl (C=O) groups excluding carboxylic acids is 1. The lowest BCUT2D eigenvalue weighted by atomic mass is 10.1. The first-order valence-corrected chi connectivity index (χ1v) is 9.43. The smallest absolute Gasteiger partial charge is 0.257 e. The average molecular weight is 373 g/mol. The Morgan fingerprint density at radius 1 is 1.07 bits per heavy atom. The number of benzene rings is 2. The molecule has 6 nitrogen and oxygen atoms in total. The minimum absolute atomic E-state index is 0.225. The molecule has 0 fully saturated rings. The van der Waals surface area contributed by atoms with Gasteiger partial charge in [-0.1, -0.05) is 25.1 Å². The van der Waals surface area contributed by atoms with Crippen LogP contribution in [0.4, 0.5) is 5.82 Å². The molecule has 0 aliphatic carbocycles. The first-order chi connectivity index (χ1) is 13.5. The van der Waals surface area contributed by atoms with Gasteiger partial charge in [-0.25, -0.2) is 9.97 Å². The number of hydrogen-bond donors (Lipinski definition) is 2. The van der Waals surface area contributed by atoms with E-state index in [0.717, 1.165) is 28.7 Å². The molecule has 3 N–H and O–H groups in total. The van der Waals surface area contributed by atoms with Crippen molar-refractivity contribution in [3.63, 3.8) is 0 Å². The number of amides is 1. The summed E-state index contributed by atoms with van der Waals surface area (Å²) < 4.78 is 1.82. The largest absolute Gasteiger partial charge is 0.384 e. The molecule has 4 aromatic rings. The first-order valence-electron chi connectivity index (χ1n) is 9.43. The highest BCUT2D eigenvalue weighted by Crippen LogP contribution is 2.31. The van der Waals surface area contributed by atoms with Gasteiger partial charge in [0.05, 0.1) is 11.0 Å². The quantitative estimate of drug-likeness (QED) is 0.568. The number of nitrogens with zero attached hydrogens (tertiary/aromatic N) is 3. The molecule has 0 saturated heterocycles. The summed E-state index contributed by atoms with van der Waals surface area (Å²) in [6, 6.07) is 13.7. The number of nitrogens with one attached hydrogen (secondary N) is 1. The summed E-state index contributed by atoms with van der Waals surface area (Å²) in [6.07, 6.45) is 0.843. The van der Waals surface area contributed by atoms with Crippen molar-refractivity contribution in [1.82, 2.24) is 19.9 Å². The van der Waals surface area contributed by atoms with Crippen molar-refractivity contribution in [2.75, 3.05) is 12.3 Å². The van der Waals surface area contributed by atoms with Crippen molar-refractivity contribution in [1.29, 1.82) is 0 Å². The molecule has 0 unspecified atom stereocenters. The number of nitrogen functional groups attached to an aromatic ring is 1. The molecule has 0 saturated carbocycles. The van der Waals surface area contributed by atoms with E-state index in [4.69, 9.17) is 15.7 Å². The number of aryl methyl sites for hydroxylation is 2. The molecular formula is C22H23N5O. The molecule has 2 heterocycles. The Balaban J connectivity index is 2.05. The Hall–Kier alpha value is -3.41. The SMILES string of the molecule is CCCNC(=O)c1c(N)n(-c2ccc(C)c(C)c2)c2nc3ccccc3nc12. The minimum atomic E-state index is -0.225. The Labute approximate surface area is 163 Å². The van der Waals surface area contributed by atoms with E-state index in [1.165, 1.54) is 5.56 Å². The Kier molecular flexibility index (Phi) is 4.47. The third-order valence-electron chi connectivity index (χ3n) is 5.01. The molecule has 2 aromatic carbocycles. The van der Waals surface area contributed by atoms with E-state index in [9.17, 15) is 4.79 Å². The number of nitrogens with two attached hydrogens (primary N) is 1. The van der Waals surface area contributed by atoms with E-state index in [0.29, 0.717) is 29.1 Å². The van der Waals surface area contributed by atoms with Crippen molar-refractivity contribution in [2.45, 2.75) is 27.2 Å². The Bertz CT molecular complexity index is 1210. The van der Waals surface area contributed by atoms with E-state index in [1.54, 1.807) is 0 Å². The summed E-state index contributed by atoms with van der Waals surface area (Å²) in [7, 11) is 0. The van der Waals surface area contributed by atoms with Gasteiger partial charge in [-0.15, -0.1) is 0 Å². The van der Waals surface area contributed by atoms with Crippen LogP contribution in [-0.2, 0) is 0 Å². The Morgan fingerprint density at radius 2 is 1.79 bits per heavy atom. The monoisotopic (exact) mass is 373 g/mol. The van der Waals surface area contributed by atoms with E-state index in [-0.39, 0.29) is 5.91 Å². The minimum Gasteiger partial charge on any atom is -0.384 e. The van der Waals surface area contributed by atoms with Crippen molar-refractivity contribution < 1.29 is 4.79 Å². The van der Waals surface area contributed by atoms with Crippen LogP contribution in [0.2, 0.25) is 0 Å². The Morgan fingerprint density at radius 3 is 2.46 bits per heavy atom. The maximum atomic E-state index is 12.9. The fraction of sp³-hybridized carbons (Fsp3) is 0.227. The highest BCUT2D eigenvalue weighted by Gasteiger charge is 2.24. The molecule has 0 aliphatic rings. The van der Waals surface area contributed by atoms with Crippen LogP contribution in [0.15, 0.2) is 42.5 Å². The van der Waals surface area contributed by atoms with Gasteiger partial charge in [0, 0.05) is 12.2 Å². The van der Waals surface area contributed by atoms with Crippen LogP contribution in [-0.4, -0.2) is 27.0 Å². The summed E-state index contributed by atoms with van der Waals surface area (Å²) >= 11 is 0. The van der Waals surface area contributed by atoms with Crippen LogP contribution < -0.4 is 11.1 Å². The standard InChI is InChI=1S/C22H23N5O/c1-4-11-24-22(28)18-19-21(26-17-8-6-5-7-16(17)25-19)27(20(18)23)15-10-9-13(2)14(3)12-15/h5-10,12H,4,11,23H2,1-3H3,(H,24,28). The predicted octanol–water partition coefficient (Wildman–Crippen LogP) is 3.91. The maximum Gasteiger partial charge on any atom is 0.257 e. The van der Waals surface area contributed by atoms with E-state index in [1.807, 2.05) is 47.9 Å². The molecule has 28 heavy (non-hydrogen) atoms. The fourth-order valence-electron chi connectivity index (χ4n) is 3.34. The van der Waals surface area contributed by atoms with E-state index >= 15 is 0 Å². The van der Waals surface area contributed by atoms with Gasteiger partial charge < -0.3 is 11.1 Å². The molecule has 0 aliphatic heterocycles. The fourth-order valence-corrected chi connectivity index (χ4v) is 3.34. The lowest BCUT2D eigenvalue weighted by Crippen LogP contribution is -2.25. The molecule has 2 aromatic heterocycles. The molecular weight excluding hydrogens is 350 g/mol. The summed E-state index contributed by atoms with van der Waals surface area (Å²) in [4.78, 5) is 22.4. The van der Waals surface area contributed by atoms with E-state index < -0.39 is 0 Å². The van der Waals surface area contributed by atoms with Crippen LogP contribution in [0.25, 0.3) is 27.9 Å². The second kappa shape index (κ2) is 6.96. The summed E-state index contributed by atoms with van der Waals surface area (Å²) in [5.41, 5.74) is 12.7. The number of hydrogen-bond acceptors (Lipinski definition) is 4. The van der Waals surface area contributed by atoms with Crippen LogP contribution in [0.1, 0.15) is 34.8 Å². The third-order valence-corrected chi connectivity index (χ3v) is 5.01. The molecule has 0 spiro atoms. The summed E-state index contributed by atoms with van der Waals surface area (Å²) in [6.45, 7) is 6.70. The van der Waals surface area contributed by atoms with Gasteiger partial charge >= 0.3 is 0 Å². The predicted molar refractivity (Wildman–Crippen MR) is 113 cm³/mol. The molecule has 142 valence electrons. The van der Waals surface area contributed by atoms with Gasteiger partial charge in [-0.2, -0.15) is 0 Å². The molecule has 0 radical (unpaired) electrons. The number of carbonyl (C=O) groups is 1. The van der Waals surface area contributed by atoms with Crippen molar-refractivity contribution in [3.05, 3.63) is 59.2 Å². The van der Waals surface area contributed by atoms with Gasteiger partial charge in [-0.3, -0.25) is 9.36 Å². The topological polar surface area (TPSA) is 85.8 Å². The summed E-state index contributed by atoms with van der Waals surface area (Å²) in [5.74, 6) is 0.124. The zero-order chi connectivity index (χ0) is 19.8. The first kappa shape index (κ1) is 18.0. The normalized spacial score (nSPS) is 11.2. The number of para-hydroxylation sites is 2. The molecule has 4 rings (SSSR count). The zero-order valence-electron chi connectivity index (χ0n) is 16.3. The van der Waals surface area contributed by atoms with Crippen LogP contribution in [0.3, 0.4) is 0 Å². The molecule has 1 amide bonds. The van der Waals surface area contributed by atoms with Crippen LogP contribution in [0, 0.1) is 13.8 Å². The van der Waals surface area contributed by atoms with Gasteiger partial charge in [0.25, 0.3) is 5.91 Å². The van der Waals surface area contributed by atoms with Crippen molar-refractivity contribution in [3.8, 4) is 5.69 Å². The van der Waals surface area contributed by atoms with E-state index in [2.05, 4.69) is 25.2 Å². The average Bonchev–Trinajstić information content (AvgIpc) is 2.97. The summed E-state index contributed by atoms with van der Waals surface area (Å²) in [5, 5.41) is 2.91. The van der Waals surface area contributed by atoms with Crippen molar-refractivity contribution in [2.24, 2.45) is 0 Å². The van der Waals surface area contributed by atoms with Gasteiger partial charge in [0.1, 0.15) is 16.9 Å². The highest BCUT2D eigenvalue weighted by molar-refractivity contribution is 6.11. The maximum absolute atomic E-state index is 12.9. The van der Waals surface area contributed by atoms with Crippen LogP contribution >= 0.6 is 0 Å². The van der Waals surface area contributed by atoms with Crippen molar-refractivity contribution >= 4 is 33.9 Å². The van der Waals surface area contributed by atoms with Gasteiger partial charge in [-0.05, 0) is 55.7 Å². The molecule has 0 atom stereocenters. The molecule has 0 bridgehead atoms.